The number of hydrogen-bond donors (Lipinski definition) is 0. The number of hydrogen-bond acceptors (Lipinski definition) is 3. The number of rotatable bonds is 6. The molecule has 0 fully saturated rings. The van der Waals surface area contributed by atoms with Gasteiger partial charge in [0.15, 0.2) is 0 Å². The summed E-state index contributed by atoms with van der Waals surface area (Å²) in [5, 5.41) is 0. The van der Waals surface area contributed by atoms with Crippen LogP contribution in [0.25, 0.3) is 0 Å². The Morgan fingerprint density at radius 2 is 1.80 bits per heavy atom. The van der Waals surface area contributed by atoms with Crippen LogP contribution in [0.2, 0.25) is 0 Å². The van der Waals surface area contributed by atoms with Crippen molar-refractivity contribution in [2.24, 2.45) is 4.99 Å². The highest BCUT2D eigenvalue weighted by molar-refractivity contribution is 9.10. The maximum absolute atomic E-state index is 4.55. The Bertz CT molecular complexity index is 452. The molecule has 0 unspecified atom stereocenters. The van der Waals surface area contributed by atoms with Gasteiger partial charge in [0.05, 0.1) is 5.69 Å². The van der Waals surface area contributed by atoms with E-state index in [0.29, 0.717) is 12.1 Å². The van der Waals surface area contributed by atoms with E-state index in [4.69, 9.17) is 0 Å². The van der Waals surface area contributed by atoms with Gasteiger partial charge in [0.1, 0.15) is 6.34 Å². The second-order valence-electron chi connectivity index (χ2n) is 5.35. The molecular weight excluding hydrogens is 334 g/mol. The largest absolute Gasteiger partial charge is 0.297 e. The van der Waals surface area contributed by atoms with Gasteiger partial charge in [-0.3, -0.25) is 4.31 Å². The zero-order valence-corrected chi connectivity index (χ0v) is 15.5. The van der Waals surface area contributed by atoms with Crippen molar-refractivity contribution < 1.29 is 0 Å². The molecule has 0 aromatic heterocycles. The predicted octanol–water partition coefficient (Wildman–Crippen LogP) is 5.03. The van der Waals surface area contributed by atoms with Gasteiger partial charge >= 0.3 is 0 Å². The van der Waals surface area contributed by atoms with Crippen LogP contribution in [-0.4, -0.2) is 34.1 Å². The fraction of sp³-hybridized carbons (Fsp3) is 0.533. The molecule has 3 nitrogen and oxygen atoms in total. The lowest BCUT2D eigenvalue weighted by atomic mass is 10.2. The molecule has 20 heavy (non-hydrogen) atoms. The molecule has 1 rings (SSSR count). The van der Waals surface area contributed by atoms with Gasteiger partial charge in [-0.2, -0.15) is 0 Å². The molecule has 0 saturated carbocycles. The Balaban J connectivity index is 2.69. The van der Waals surface area contributed by atoms with E-state index in [1.165, 1.54) is 5.56 Å². The van der Waals surface area contributed by atoms with Crippen molar-refractivity contribution in [2.75, 3.05) is 7.05 Å². The number of halogens is 1. The van der Waals surface area contributed by atoms with E-state index in [2.05, 4.69) is 65.9 Å². The molecule has 0 aliphatic heterocycles. The molecule has 0 heterocycles. The summed E-state index contributed by atoms with van der Waals surface area (Å²) >= 11 is 5.17. The van der Waals surface area contributed by atoms with Crippen molar-refractivity contribution in [1.29, 1.82) is 0 Å². The van der Waals surface area contributed by atoms with Gasteiger partial charge in [0.25, 0.3) is 0 Å². The van der Waals surface area contributed by atoms with Crippen LogP contribution in [0.3, 0.4) is 0 Å². The Morgan fingerprint density at radius 1 is 1.20 bits per heavy atom. The molecule has 0 radical (unpaired) electrons. The van der Waals surface area contributed by atoms with Crippen molar-refractivity contribution in [3.63, 3.8) is 0 Å². The zero-order chi connectivity index (χ0) is 15.3. The number of aryl methyl sites for hydroxylation is 1. The lowest BCUT2D eigenvalue weighted by Crippen LogP contribution is -2.33. The molecule has 0 N–H and O–H groups in total. The standard InChI is InChI=1S/C15H24BrN3S/c1-11(2)19(12(3)4)20-18(6)10-17-15-8-7-14(16)9-13(15)5/h7-12H,1-6H3/b17-10+. The summed E-state index contributed by atoms with van der Waals surface area (Å²) in [6, 6.07) is 7.10. The molecule has 0 saturated heterocycles. The predicted molar refractivity (Wildman–Crippen MR) is 94.5 cm³/mol. The molecule has 0 atom stereocenters. The minimum atomic E-state index is 0.491. The van der Waals surface area contributed by atoms with Gasteiger partial charge in [0.2, 0.25) is 0 Å². The Hall–Kier alpha value is -0.520. The third kappa shape index (κ3) is 5.46. The summed E-state index contributed by atoms with van der Waals surface area (Å²) in [4.78, 5) is 4.55. The van der Waals surface area contributed by atoms with Crippen molar-refractivity contribution >= 4 is 40.1 Å². The van der Waals surface area contributed by atoms with E-state index in [0.717, 1.165) is 10.2 Å². The molecule has 112 valence electrons. The minimum absolute atomic E-state index is 0.491. The third-order valence-corrected chi connectivity index (χ3v) is 4.64. The maximum Gasteiger partial charge on any atom is 0.102 e. The first-order valence-electron chi connectivity index (χ1n) is 6.81. The first-order chi connectivity index (χ1) is 9.31. The van der Waals surface area contributed by atoms with Crippen LogP contribution >= 0.6 is 28.1 Å². The lowest BCUT2D eigenvalue weighted by Gasteiger charge is -2.31. The highest BCUT2D eigenvalue weighted by Gasteiger charge is 2.15. The fourth-order valence-electron chi connectivity index (χ4n) is 1.86. The third-order valence-electron chi connectivity index (χ3n) is 2.76. The highest BCUT2D eigenvalue weighted by Crippen LogP contribution is 2.24. The number of nitrogens with zero attached hydrogens (tertiary/aromatic N) is 3. The molecule has 1 aromatic carbocycles. The van der Waals surface area contributed by atoms with Gasteiger partial charge in [0, 0.05) is 35.7 Å². The minimum Gasteiger partial charge on any atom is -0.297 e. The van der Waals surface area contributed by atoms with Crippen LogP contribution < -0.4 is 0 Å². The van der Waals surface area contributed by atoms with Gasteiger partial charge in [-0.05, 0) is 58.4 Å². The van der Waals surface area contributed by atoms with Gasteiger partial charge < -0.3 is 0 Å². The number of aliphatic imine (C=N–C) groups is 1. The Labute approximate surface area is 135 Å². The van der Waals surface area contributed by atoms with Crippen molar-refractivity contribution in [2.45, 2.75) is 46.7 Å². The van der Waals surface area contributed by atoms with E-state index in [-0.39, 0.29) is 0 Å². The monoisotopic (exact) mass is 357 g/mol. The molecule has 0 bridgehead atoms. The first kappa shape index (κ1) is 17.5. The summed E-state index contributed by atoms with van der Waals surface area (Å²) in [6.07, 6.45) is 1.87. The topological polar surface area (TPSA) is 18.8 Å². The number of benzene rings is 1. The van der Waals surface area contributed by atoms with E-state index < -0.39 is 0 Å². The van der Waals surface area contributed by atoms with Crippen LogP contribution in [0.15, 0.2) is 27.7 Å². The fourth-order valence-corrected chi connectivity index (χ4v) is 3.10. The summed E-state index contributed by atoms with van der Waals surface area (Å²) in [5.41, 5.74) is 2.17. The molecule has 0 spiro atoms. The van der Waals surface area contributed by atoms with Crippen molar-refractivity contribution in [3.8, 4) is 0 Å². The van der Waals surface area contributed by atoms with E-state index in [1.807, 2.05) is 29.8 Å². The molecule has 0 aliphatic rings. The zero-order valence-electron chi connectivity index (χ0n) is 13.1. The molecule has 1 aromatic rings. The average Bonchev–Trinajstić information content (AvgIpc) is 2.34. The Kier molecular flexibility index (Phi) is 7.06. The summed E-state index contributed by atoms with van der Waals surface area (Å²) in [5.74, 6) is 0. The normalized spacial score (nSPS) is 12.1. The van der Waals surface area contributed by atoms with Gasteiger partial charge in [-0.15, -0.1) is 0 Å². The SMILES string of the molecule is Cc1cc(Br)ccc1/N=C/N(C)SN(C(C)C)C(C)C. The van der Waals surface area contributed by atoms with Crippen molar-refractivity contribution in [3.05, 3.63) is 28.2 Å². The highest BCUT2D eigenvalue weighted by atomic mass is 79.9. The van der Waals surface area contributed by atoms with Crippen molar-refractivity contribution in [1.82, 2.24) is 8.61 Å². The van der Waals surface area contributed by atoms with Gasteiger partial charge in [-0.1, -0.05) is 15.9 Å². The Morgan fingerprint density at radius 3 is 2.30 bits per heavy atom. The lowest BCUT2D eigenvalue weighted by molar-refractivity contribution is 0.329. The second kappa shape index (κ2) is 8.05. The van der Waals surface area contributed by atoms with Crippen LogP contribution in [0.5, 0.6) is 0 Å². The second-order valence-corrected chi connectivity index (χ2v) is 7.43. The first-order valence-corrected chi connectivity index (χ1v) is 8.33. The van der Waals surface area contributed by atoms with E-state index in [1.54, 1.807) is 12.1 Å². The molecular formula is C15H24BrN3S. The average molecular weight is 358 g/mol. The van der Waals surface area contributed by atoms with Crippen LogP contribution in [0, 0.1) is 6.92 Å². The molecule has 5 heteroatoms. The summed E-state index contributed by atoms with van der Waals surface area (Å²) in [6.45, 7) is 10.9. The molecule has 0 aliphatic carbocycles. The van der Waals surface area contributed by atoms with Gasteiger partial charge in [-0.25, -0.2) is 9.30 Å². The summed E-state index contributed by atoms with van der Waals surface area (Å²) < 4.78 is 5.48. The van der Waals surface area contributed by atoms with Crippen LogP contribution in [-0.2, 0) is 0 Å². The summed E-state index contributed by atoms with van der Waals surface area (Å²) in [7, 11) is 2.03. The van der Waals surface area contributed by atoms with E-state index in [9.17, 15) is 0 Å². The molecule has 0 amide bonds. The van der Waals surface area contributed by atoms with E-state index >= 15 is 0 Å². The quantitative estimate of drug-likeness (QED) is 0.404. The van der Waals surface area contributed by atoms with Crippen LogP contribution in [0.4, 0.5) is 5.69 Å². The van der Waals surface area contributed by atoms with Crippen LogP contribution in [0.1, 0.15) is 33.3 Å². The maximum atomic E-state index is 4.55. The smallest absolute Gasteiger partial charge is 0.102 e.